The Labute approximate surface area is 84.3 Å². The molecule has 4 heteroatoms. The van der Waals surface area contributed by atoms with E-state index in [0.717, 1.165) is 19.4 Å². The normalized spacial score (nSPS) is 19.4. The molecule has 1 heterocycles. The van der Waals surface area contributed by atoms with E-state index in [2.05, 4.69) is 0 Å². The molecule has 0 radical (unpaired) electrons. The third-order valence-corrected chi connectivity index (χ3v) is 2.40. The van der Waals surface area contributed by atoms with Gasteiger partial charge in [-0.05, 0) is 12.8 Å². The van der Waals surface area contributed by atoms with Gasteiger partial charge in [-0.3, -0.25) is 4.79 Å². The van der Waals surface area contributed by atoms with Gasteiger partial charge in [0.15, 0.2) is 0 Å². The summed E-state index contributed by atoms with van der Waals surface area (Å²) >= 11 is 4.79. The molecule has 0 unspecified atom stereocenters. The molecule has 0 bridgehead atoms. The number of likely N-dealkylation sites (tertiary alicyclic amines) is 1. The van der Waals surface area contributed by atoms with Crippen molar-refractivity contribution in [3.05, 3.63) is 0 Å². The number of nitrogens with two attached hydrogens (primary N) is 1. The van der Waals surface area contributed by atoms with Gasteiger partial charge in [0.2, 0.25) is 5.91 Å². The molecule has 3 nitrogen and oxygen atoms in total. The van der Waals surface area contributed by atoms with Crippen molar-refractivity contribution < 1.29 is 4.79 Å². The van der Waals surface area contributed by atoms with Crippen molar-refractivity contribution in [3.63, 3.8) is 0 Å². The Hall–Kier alpha value is -0.640. The highest BCUT2D eigenvalue weighted by molar-refractivity contribution is 7.80. The van der Waals surface area contributed by atoms with Crippen molar-refractivity contribution >= 4 is 23.1 Å². The number of hydrogen-bond donors (Lipinski definition) is 1. The van der Waals surface area contributed by atoms with Crippen molar-refractivity contribution in [2.75, 3.05) is 13.1 Å². The van der Waals surface area contributed by atoms with Gasteiger partial charge in [-0.15, -0.1) is 0 Å². The summed E-state index contributed by atoms with van der Waals surface area (Å²) in [4.78, 5) is 13.7. The molecule has 0 atom stereocenters. The van der Waals surface area contributed by atoms with Crippen LogP contribution < -0.4 is 5.73 Å². The van der Waals surface area contributed by atoms with Crippen LogP contribution in [0.5, 0.6) is 0 Å². The minimum atomic E-state index is 0.201. The number of thiocarbonyl (C=S) groups is 1. The number of nitrogens with zero attached hydrogens (tertiary/aromatic N) is 1. The number of rotatable bonds is 2. The minimum Gasteiger partial charge on any atom is -0.392 e. The van der Waals surface area contributed by atoms with Crippen LogP contribution in [-0.4, -0.2) is 28.9 Å². The lowest BCUT2D eigenvalue weighted by Gasteiger charge is -2.24. The Kier molecular flexibility index (Phi) is 4.15. The zero-order valence-corrected chi connectivity index (χ0v) is 8.61. The third kappa shape index (κ3) is 3.72. The first kappa shape index (κ1) is 10.4. The quantitative estimate of drug-likeness (QED) is 0.678. The van der Waals surface area contributed by atoms with Crippen LogP contribution in [0.1, 0.15) is 32.1 Å². The first-order valence-corrected chi connectivity index (χ1v) is 5.17. The lowest BCUT2D eigenvalue weighted by atomic mass is 10.1. The second-order valence-electron chi connectivity index (χ2n) is 3.45. The topological polar surface area (TPSA) is 46.3 Å². The maximum Gasteiger partial charge on any atom is 0.222 e. The van der Waals surface area contributed by atoms with E-state index in [1.807, 2.05) is 0 Å². The van der Waals surface area contributed by atoms with Gasteiger partial charge in [-0.2, -0.15) is 0 Å². The van der Waals surface area contributed by atoms with E-state index in [-0.39, 0.29) is 5.91 Å². The molecule has 1 aliphatic heterocycles. The summed E-state index contributed by atoms with van der Waals surface area (Å²) < 4.78 is 0. The van der Waals surface area contributed by atoms with E-state index in [4.69, 9.17) is 18.0 Å². The average molecular weight is 200 g/mol. The summed E-state index contributed by atoms with van der Waals surface area (Å²) in [7, 11) is 0. The first-order chi connectivity index (χ1) is 6.20. The summed E-state index contributed by atoms with van der Waals surface area (Å²) in [6, 6.07) is 0. The van der Waals surface area contributed by atoms with Gasteiger partial charge < -0.3 is 10.6 Å². The van der Waals surface area contributed by atoms with Crippen LogP contribution in [0.25, 0.3) is 0 Å². The molecule has 0 spiro atoms. The van der Waals surface area contributed by atoms with Crippen LogP contribution >= 0.6 is 12.2 Å². The van der Waals surface area contributed by atoms with Crippen molar-refractivity contribution in [2.45, 2.75) is 32.1 Å². The molecule has 0 aromatic rings. The summed E-state index contributed by atoms with van der Waals surface area (Å²) in [6.07, 6.45) is 5.12. The van der Waals surface area contributed by atoms with Gasteiger partial charge >= 0.3 is 0 Å². The van der Waals surface area contributed by atoms with Crippen molar-refractivity contribution in [1.29, 1.82) is 0 Å². The molecule has 74 valence electrons. The fraction of sp³-hybridized carbons (Fsp3) is 0.778. The lowest BCUT2D eigenvalue weighted by Crippen LogP contribution is -2.38. The van der Waals surface area contributed by atoms with Crippen LogP contribution in [0, 0.1) is 0 Å². The summed E-state index contributed by atoms with van der Waals surface area (Å²) in [5.74, 6) is 0.201. The predicted octanol–water partition coefficient (Wildman–Crippen LogP) is 1.07. The second kappa shape index (κ2) is 5.17. The highest BCUT2D eigenvalue weighted by Gasteiger charge is 2.15. The Balaban J connectivity index is 2.46. The zero-order chi connectivity index (χ0) is 9.68. The van der Waals surface area contributed by atoms with Crippen molar-refractivity contribution in [2.24, 2.45) is 5.73 Å². The van der Waals surface area contributed by atoms with Crippen molar-refractivity contribution in [1.82, 2.24) is 4.90 Å². The van der Waals surface area contributed by atoms with E-state index >= 15 is 0 Å². The third-order valence-electron chi connectivity index (χ3n) is 2.27. The molecular weight excluding hydrogens is 184 g/mol. The highest BCUT2D eigenvalue weighted by Crippen LogP contribution is 2.11. The van der Waals surface area contributed by atoms with Crippen LogP contribution in [-0.2, 0) is 4.79 Å². The molecule has 0 saturated carbocycles. The van der Waals surface area contributed by atoms with Gasteiger partial charge in [0.25, 0.3) is 0 Å². The molecule has 13 heavy (non-hydrogen) atoms. The van der Waals surface area contributed by atoms with E-state index in [0.29, 0.717) is 18.0 Å². The SMILES string of the molecule is NC(=S)CN1CCCCCCC1=O. The monoisotopic (exact) mass is 200 g/mol. The predicted molar refractivity (Wildman–Crippen MR) is 56.5 cm³/mol. The van der Waals surface area contributed by atoms with E-state index in [1.165, 1.54) is 12.8 Å². The maximum atomic E-state index is 11.5. The van der Waals surface area contributed by atoms with E-state index < -0.39 is 0 Å². The molecule has 1 fully saturated rings. The number of hydrogen-bond acceptors (Lipinski definition) is 2. The van der Waals surface area contributed by atoms with Crippen LogP contribution in [0.15, 0.2) is 0 Å². The smallest absolute Gasteiger partial charge is 0.222 e. The summed E-state index contributed by atoms with van der Waals surface area (Å²) in [6.45, 7) is 1.27. The lowest BCUT2D eigenvalue weighted by molar-refractivity contribution is -0.131. The number of carbonyl (C=O) groups is 1. The van der Waals surface area contributed by atoms with E-state index in [9.17, 15) is 4.79 Å². The van der Waals surface area contributed by atoms with Crippen molar-refractivity contribution in [3.8, 4) is 0 Å². The minimum absolute atomic E-state index is 0.201. The van der Waals surface area contributed by atoms with Gasteiger partial charge in [0.1, 0.15) is 0 Å². The molecule has 0 aromatic carbocycles. The molecule has 1 aliphatic rings. The van der Waals surface area contributed by atoms with Crippen LogP contribution in [0.4, 0.5) is 0 Å². The molecular formula is C9H16N2OS. The highest BCUT2D eigenvalue weighted by atomic mass is 32.1. The summed E-state index contributed by atoms with van der Waals surface area (Å²) in [5.41, 5.74) is 5.41. The Morgan fingerprint density at radius 2 is 2.08 bits per heavy atom. The molecule has 1 amide bonds. The van der Waals surface area contributed by atoms with Crippen LogP contribution in [0.3, 0.4) is 0 Å². The maximum absolute atomic E-state index is 11.5. The zero-order valence-electron chi connectivity index (χ0n) is 7.79. The first-order valence-electron chi connectivity index (χ1n) is 4.76. The van der Waals surface area contributed by atoms with Gasteiger partial charge in [0.05, 0.1) is 11.5 Å². The molecule has 2 N–H and O–H groups in total. The largest absolute Gasteiger partial charge is 0.392 e. The Morgan fingerprint density at radius 1 is 1.38 bits per heavy atom. The Bertz CT molecular complexity index is 206. The van der Waals surface area contributed by atoms with Gasteiger partial charge in [-0.1, -0.05) is 25.1 Å². The van der Waals surface area contributed by atoms with Gasteiger partial charge in [-0.25, -0.2) is 0 Å². The fourth-order valence-electron chi connectivity index (χ4n) is 1.57. The van der Waals surface area contributed by atoms with E-state index in [1.54, 1.807) is 4.90 Å². The number of amides is 1. The Morgan fingerprint density at radius 3 is 2.77 bits per heavy atom. The molecule has 0 aliphatic carbocycles. The second-order valence-corrected chi connectivity index (χ2v) is 3.97. The molecule has 1 rings (SSSR count). The van der Waals surface area contributed by atoms with Gasteiger partial charge in [0, 0.05) is 13.0 Å². The van der Waals surface area contributed by atoms with Crippen LogP contribution in [0.2, 0.25) is 0 Å². The standard InChI is InChI=1S/C9H16N2OS/c10-8(13)7-11-6-4-2-1-3-5-9(11)12/h1-7H2,(H2,10,13). The average Bonchev–Trinajstić information content (AvgIpc) is 2.04. The number of carbonyl (C=O) groups excluding carboxylic acids is 1. The summed E-state index contributed by atoms with van der Waals surface area (Å²) in [5, 5.41) is 0. The molecule has 0 aromatic heterocycles. The fourth-order valence-corrected chi connectivity index (χ4v) is 1.73. The molecule has 1 saturated heterocycles.